The van der Waals surface area contributed by atoms with Crippen LogP contribution >= 0.6 is 24.0 Å². The molecule has 0 spiro atoms. The van der Waals surface area contributed by atoms with Crippen molar-refractivity contribution in [2.24, 2.45) is 4.99 Å². The van der Waals surface area contributed by atoms with Crippen LogP contribution in [-0.4, -0.2) is 37.4 Å². The highest BCUT2D eigenvalue weighted by Crippen LogP contribution is 2.07. The second-order valence-corrected chi connectivity index (χ2v) is 6.30. The van der Waals surface area contributed by atoms with Gasteiger partial charge in [-0.15, -0.1) is 24.0 Å². The lowest BCUT2D eigenvalue weighted by molar-refractivity contribution is 0.0956. The van der Waals surface area contributed by atoms with E-state index in [9.17, 15) is 4.79 Å². The number of nitrogens with one attached hydrogen (secondary N) is 2. The van der Waals surface area contributed by atoms with Crippen LogP contribution in [-0.2, 0) is 13.1 Å². The molecule has 1 amide bonds. The quantitative estimate of drug-likeness (QED) is 0.378. The van der Waals surface area contributed by atoms with E-state index in [1.165, 1.54) is 11.1 Å². The predicted octanol–water partition coefficient (Wildman–Crippen LogP) is 3.57. The monoisotopic (exact) mass is 480 g/mol. The highest BCUT2D eigenvalue weighted by atomic mass is 127. The highest BCUT2D eigenvalue weighted by molar-refractivity contribution is 14.0. The van der Waals surface area contributed by atoms with Crippen molar-refractivity contribution in [3.63, 3.8) is 0 Å². The Balaban J connectivity index is 0.00000364. The summed E-state index contributed by atoms with van der Waals surface area (Å²) in [6.45, 7) is 6.07. The number of carbonyl (C=O) groups excluding carboxylic acids is 1. The van der Waals surface area contributed by atoms with Crippen LogP contribution in [0.1, 0.15) is 34.0 Å². The van der Waals surface area contributed by atoms with Crippen LogP contribution in [0.4, 0.5) is 0 Å². The van der Waals surface area contributed by atoms with E-state index in [0.717, 1.165) is 18.1 Å². The third kappa shape index (κ3) is 7.21. The molecule has 0 radical (unpaired) electrons. The van der Waals surface area contributed by atoms with E-state index in [0.29, 0.717) is 18.7 Å². The van der Waals surface area contributed by atoms with Gasteiger partial charge in [-0.3, -0.25) is 9.79 Å². The lowest BCUT2D eigenvalue weighted by Crippen LogP contribution is -2.38. The fourth-order valence-corrected chi connectivity index (χ4v) is 2.64. The molecular weight excluding hydrogens is 451 g/mol. The number of nitrogens with zero attached hydrogens (tertiary/aromatic N) is 2. The largest absolute Gasteiger partial charge is 0.352 e. The molecule has 27 heavy (non-hydrogen) atoms. The molecular formula is C21H29IN4O. The molecule has 0 aliphatic rings. The summed E-state index contributed by atoms with van der Waals surface area (Å²) in [6.07, 6.45) is 0. The van der Waals surface area contributed by atoms with Crippen molar-refractivity contribution >= 4 is 35.8 Å². The number of aryl methyl sites for hydroxylation is 1. The molecule has 0 aromatic heterocycles. The van der Waals surface area contributed by atoms with Crippen LogP contribution < -0.4 is 10.6 Å². The van der Waals surface area contributed by atoms with Crippen LogP contribution in [0.25, 0.3) is 0 Å². The van der Waals surface area contributed by atoms with Crippen molar-refractivity contribution in [1.82, 2.24) is 15.5 Å². The molecule has 0 saturated carbocycles. The molecule has 0 saturated heterocycles. The summed E-state index contributed by atoms with van der Waals surface area (Å²) in [4.78, 5) is 18.2. The summed E-state index contributed by atoms with van der Waals surface area (Å²) in [6, 6.07) is 16.1. The Morgan fingerprint density at radius 2 is 1.59 bits per heavy atom. The van der Waals surface area contributed by atoms with Gasteiger partial charge >= 0.3 is 0 Å². The number of hydrogen-bond donors (Lipinski definition) is 2. The van der Waals surface area contributed by atoms with E-state index in [2.05, 4.69) is 51.7 Å². The first kappa shape index (κ1) is 23.0. The fraction of sp³-hybridized carbons (Fsp3) is 0.333. The summed E-state index contributed by atoms with van der Waals surface area (Å²) < 4.78 is 0. The molecule has 6 heteroatoms. The topological polar surface area (TPSA) is 56.7 Å². The fourth-order valence-electron chi connectivity index (χ4n) is 2.64. The Bertz CT molecular complexity index is 742. The van der Waals surface area contributed by atoms with Gasteiger partial charge in [0.05, 0.1) is 0 Å². The maximum atomic E-state index is 11.8. The molecule has 2 aromatic carbocycles. The number of amides is 1. The van der Waals surface area contributed by atoms with Gasteiger partial charge in [-0.1, -0.05) is 42.0 Å². The van der Waals surface area contributed by atoms with Crippen LogP contribution in [0.15, 0.2) is 53.5 Å². The number of carbonyl (C=O) groups is 1. The lowest BCUT2D eigenvalue weighted by atomic mass is 10.1. The average molecular weight is 480 g/mol. The minimum Gasteiger partial charge on any atom is -0.352 e. The minimum absolute atomic E-state index is 0. The second-order valence-electron chi connectivity index (χ2n) is 6.30. The van der Waals surface area contributed by atoms with Gasteiger partial charge < -0.3 is 15.5 Å². The maximum Gasteiger partial charge on any atom is 0.251 e. The van der Waals surface area contributed by atoms with Crippen LogP contribution in [0, 0.1) is 6.92 Å². The van der Waals surface area contributed by atoms with Crippen molar-refractivity contribution in [3.8, 4) is 0 Å². The smallest absolute Gasteiger partial charge is 0.251 e. The Labute approximate surface area is 179 Å². The zero-order valence-corrected chi connectivity index (χ0v) is 18.8. The van der Waals surface area contributed by atoms with Crippen LogP contribution in [0.5, 0.6) is 0 Å². The van der Waals surface area contributed by atoms with Gasteiger partial charge in [-0.2, -0.15) is 0 Å². The number of halogens is 1. The highest BCUT2D eigenvalue weighted by Gasteiger charge is 2.07. The van der Waals surface area contributed by atoms with Gasteiger partial charge in [0.15, 0.2) is 5.96 Å². The number of rotatable bonds is 6. The van der Waals surface area contributed by atoms with Crippen molar-refractivity contribution in [2.75, 3.05) is 20.6 Å². The van der Waals surface area contributed by atoms with Crippen molar-refractivity contribution in [3.05, 3.63) is 70.8 Å². The van der Waals surface area contributed by atoms with Gasteiger partial charge in [0, 0.05) is 39.3 Å². The molecule has 0 aliphatic carbocycles. The third-order valence-electron chi connectivity index (χ3n) is 4.12. The molecule has 2 rings (SSSR count). The van der Waals surface area contributed by atoms with Gasteiger partial charge in [-0.25, -0.2) is 0 Å². The zero-order chi connectivity index (χ0) is 18.9. The Kier molecular flexibility index (Phi) is 9.85. The molecule has 0 atom stereocenters. The first-order valence-electron chi connectivity index (χ1n) is 8.88. The summed E-state index contributed by atoms with van der Waals surface area (Å²) in [5.41, 5.74) is 4.28. The van der Waals surface area contributed by atoms with E-state index in [1.54, 1.807) is 7.05 Å². The SMILES string of the molecule is CCNC(=O)c1ccc(CNC(=NC)N(C)Cc2ccc(C)cc2)cc1.I. The first-order valence-corrected chi connectivity index (χ1v) is 8.88. The number of hydrogen-bond acceptors (Lipinski definition) is 2. The molecule has 0 heterocycles. The van der Waals surface area contributed by atoms with E-state index >= 15 is 0 Å². The summed E-state index contributed by atoms with van der Waals surface area (Å²) in [5, 5.41) is 6.17. The number of benzene rings is 2. The Morgan fingerprint density at radius 3 is 2.15 bits per heavy atom. The first-order chi connectivity index (χ1) is 12.5. The summed E-state index contributed by atoms with van der Waals surface area (Å²) in [7, 11) is 3.81. The second kappa shape index (κ2) is 11.6. The molecule has 0 bridgehead atoms. The molecule has 2 N–H and O–H groups in total. The van der Waals surface area contributed by atoms with Gasteiger partial charge in [0.2, 0.25) is 0 Å². The number of aliphatic imine (C=N–C) groups is 1. The Morgan fingerprint density at radius 1 is 1.00 bits per heavy atom. The third-order valence-corrected chi connectivity index (χ3v) is 4.12. The average Bonchev–Trinajstić information content (AvgIpc) is 2.65. The molecule has 0 unspecified atom stereocenters. The van der Waals surface area contributed by atoms with Gasteiger partial charge in [0.25, 0.3) is 5.91 Å². The van der Waals surface area contributed by atoms with Crippen LogP contribution in [0.3, 0.4) is 0 Å². The Hall–Kier alpha value is -2.09. The van der Waals surface area contributed by atoms with E-state index < -0.39 is 0 Å². The molecule has 0 fully saturated rings. The predicted molar refractivity (Wildman–Crippen MR) is 123 cm³/mol. The minimum atomic E-state index is -0.0411. The van der Waals surface area contributed by atoms with Gasteiger partial charge in [-0.05, 0) is 37.1 Å². The molecule has 5 nitrogen and oxygen atoms in total. The van der Waals surface area contributed by atoms with Crippen LogP contribution in [0.2, 0.25) is 0 Å². The lowest BCUT2D eigenvalue weighted by Gasteiger charge is -2.22. The standard InChI is InChI=1S/C21H28N4O.HI/c1-5-23-20(26)19-12-10-17(11-13-19)14-24-21(22-3)25(4)15-18-8-6-16(2)7-9-18;/h6-13H,5,14-15H2,1-4H3,(H,22,24)(H,23,26);1H. The van der Waals surface area contributed by atoms with E-state index in [4.69, 9.17) is 0 Å². The molecule has 2 aromatic rings. The van der Waals surface area contributed by atoms with E-state index in [1.807, 2.05) is 38.2 Å². The maximum absolute atomic E-state index is 11.8. The summed E-state index contributed by atoms with van der Waals surface area (Å²) in [5.74, 6) is 0.791. The molecule has 146 valence electrons. The number of guanidine groups is 1. The van der Waals surface area contributed by atoms with E-state index in [-0.39, 0.29) is 29.9 Å². The van der Waals surface area contributed by atoms with Gasteiger partial charge in [0.1, 0.15) is 0 Å². The van der Waals surface area contributed by atoms with Crippen molar-refractivity contribution < 1.29 is 4.79 Å². The summed E-state index contributed by atoms with van der Waals surface area (Å²) >= 11 is 0. The zero-order valence-electron chi connectivity index (χ0n) is 16.5. The van der Waals surface area contributed by atoms with Crippen molar-refractivity contribution in [1.29, 1.82) is 0 Å². The normalized spacial score (nSPS) is 10.7. The molecule has 0 aliphatic heterocycles. The van der Waals surface area contributed by atoms with Crippen molar-refractivity contribution in [2.45, 2.75) is 26.9 Å².